The molecular formula is C16H19ClN4OS. The van der Waals surface area contributed by atoms with Crippen LogP contribution in [0, 0.1) is 0 Å². The topological polar surface area (TPSA) is 58.1 Å². The van der Waals surface area contributed by atoms with Gasteiger partial charge in [-0.1, -0.05) is 53.7 Å². The summed E-state index contributed by atoms with van der Waals surface area (Å²) in [7, 11) is 3.75. The van der Waals surface area contributed by atoms with Crippen molar-refractivity contribution in [2.75, 3.05) is 24.7 Å². The summed E-state index contributed by atoms with van der Waals surface area (Å²) in [4.78, 5) is 22.4. The van der Waals surface area contributed by atoms with Gasteiger partial charge in [-0.25, -0.2) is 9.97 Å². The van der Waals surface area contributed by atoms with Gasteiger partial charge in [0.1, 0.15) is 11.0 Å². The van der Waals surface area contributed by atoms with Crippen LogP contribution < -0.4 is 10.2 Å². The molecule has 122 valence electrons. The Morgan fingerprint density at radius 3 is 2.65 bits per heavy atom. The summed E-state index contributed by atoms with van der Waals surface area (Å²) in [6.45, 7) is 1.96. The average molecular weight is 351 g/mol. The smallest absolute Gasteiger partial charge is 0.230 e. The van der Waals surface area contributed by atoms with Crippen LogP contribution >= 0.6 is 23.4 Å². The highest BCUT2D eigenvalue weighted by Gasteiger charge is 2.12. The van der Waals surface area contributed by atoms with Gasteiger partial charge in [0.15, 0.2) is 5.16 Å². The van der Waals surface area contributed by atoms with Crippen LogP contribution in [0.1, 0.15) is 18.5 Å². The van der Waals surface area contributed by atoms with Crippen molar-refractivity contribution in [3.8, 4) is 0 Å². The van der Waals surface area contributed by atoms with E-state index in [1.807, 2.05) is 56.3 Å². The Kier molecular flexibility index (Phi) is 6.24. The third kappa shape index (κ3) is 5.41. The Morgan fingerprint density at radius 2 is 2.00 bits per heavy atom. The zero-order chi connectivity index (χ0) is 16.8. The van der Waals surface area contributed by atoms with Crippen molar-refractivity contribution in [3.05, 3.63) is 47.1 Å². The molecule has 1 heterocycles. The van der Waals surface area contributed by atoms with E-state index in [-0.39, 0.29) is 17.7 Å². The summed E-state index contributed by atoms with van der Waals surface area (Å²) in [5.41, 5.74) is 1.07. The first-order valence-electron chi connectivity index (χ1n) is 7.14. The number of thioether (sulfide) groups is 1. The van der Waals surface area contributed by atoms with Crippen LogP contribution in [0.15, 0.2) is 41.6 Å². The molecule has 0 saturated heterocycles. The van der Waals surface area contributed by atoms with E-state index in [1.54, 1.807) is 6.07 Å². The second-order valence-electron chi connectivity index (χ2n) is 5.21. The number of benzene rings is 1. The largest absolute Gasteiger partial charge is 0.363 e. The van der Waals surface area contributed by atoms with E-state index in [1.165, 1.54) is 11.8 Å². The summed E-state index contributed by atoms with van der Waals surface area (Å²) in [5.74, 6) is 0.886. The van der Waals surface area contributed by atoms with Gasteiger partial charge in [-0.3, -0.25) is 4.79 Å². The third-order valence-corrected chi connectivity index (χ3v) is 4.17. The SMILES string of the molecule is CC(NC(=O)CSc1nc(Cl)cc(N(C)C)n1)c1ccccc1. The Hall–Kier alpha value is -1.79. The molecule has 0 radical (unpaired) electrons. The maximum atomic E-state index is 12.1. The summed E-state index contributed by atoms with van der Waals surface area (Å²) in [5, 5.41) is 3.81. The zero-order valence-corrected chi connectivity index (χ0v) is 14.9. The number of carbonyl (C=O) groups excluding carboxylic acids is 1. The lowest BCUT2D eigenvalue weighted by Gasteiger charge is -2.14. The zero-order valence-electron chi connectivity index (χ0n) is 13.3. The highest BCUT2D eigenvalue weighted by molar-refractivity contribution is 7.99. The minimum Gasteiger partial charge on any atom is -0.363 e. The molecule has 0 spiro atoms. The van der Waals surface area contributed by atoms with Gasteiger partial charge in [-0.15, -0.1) is 0 Å². The molecule has 2 aromatic rings. The molecule has 0 fully saturated rings. The lowest BCUT2D eigenvalue weighted by Crippen LogP contribution is -2.28. The van der Waals surface area contributed by atoms with E-state index < -0.39 is 0 Å². The van der Waals surface area contributed by atoms with Crippen molar-refractivity contribution in [2.24, 2.45) is 0 Å². The molecule has 1 amide bonds. The minimum absolute atomic E-state index is 0.0399. The predicted octanol–water partition coefficient (Wildman–Crippen LogP) is 3.17. The van der Waals surface area contributed by atoms with Gasteiger partial charge in [0.25, 0.3) is 0 Å². The van der Waals surface area contributed by atoms with Gasteiger partial charge in [0.2, 0.25) is 5.91 Å². The Morgan fingerprint density at radius 1 is 1.30 bits per heavy atom. The molecule has 0 aliphatic heterocycles. The molecule has 1 aromatic heterocycles. The van der Waals surface area contributed by atoms with Crippen molar-refractivity contribution in [1.82, 2.24) is 15.3 Å². The molecule has 5 nitrogen and oxygen atoms in total. The molecule has 1 N–H and O–H groups in total. The second kappa shape index (κ2) is 8.17. The molecule has 0 bridgehead atoms. The second-order valence-corrected chi connectivity index (χ2v) is 6.54. The Balaban J connectivity index is 1.92. The number of hydrogen-bond acceptors (Lipinski definition) is 5. The molecule has 7 heteroatoms. The molecule has 2 rings (SSSR count). The first-order chi connectivity index (χ1) is 11.0. The van der Waals surface area contributed by atoms with Gasteiger partial charge in [0, 0.05) is 20.2 Å². The summed E-state index contributed by atoms with van der Waals surface area (Å²) in [6, 6.07) is 11.5. The first-order valence-corrected chi connectivity index (χ1v) is 8.51. The van der Waals surface area contributed by atoms with Crippen molar-refractivity contribution >= 4 is 35.1 Å². The fourth-order valence-electron chi connectivity index (χ4n) is 1.92. The number of amides is 1. The van der Waals surface area contributed by atoms with Crippen LogP contribution in [0.2, 0.25) is 5.15 Å². The number of carbonyl (C=O) groups is 1. The Labute approximate surface area is 145 Å². The van der Waals surface area contributed by atoms with Crippen LogP contribution in [-0.4, -0.2) is 35.7 Å². The number of rotatable bonds is 6. The predicted molar refractivity (Wildman–Crippen MR) is 95.1 cm³/mol. The number of hydrogen-bond donors (Lipinski definition) is 1. The number of nitrogens with zero attached hydrogens (tertiary/aromatic N) is 3. The van der Waals surface area contributed by atoms with E-state index in [9.17, 15) is 4.79 Å². The summed E-state index contributed by atoms with van der Waals surface area (Å²) >= 11 is 7.25. The molecule has 1 unspecified atom stereocenters. The van der Waals surface area contributed by atoms with Crippen LogP contribution in [0.5, 0.6) is 0 Å². The van der Waals surface area contributed by atoms with Crippen molar-refractivity contribution in [1.29, 1.82) is 0 Å². The van der Waals surface area contributed by atoms with Crippen molar-refractivity contribution in [2.45, 2.75) is 18.1 Å². The molecule has 23 heavy (non-hydrogen) atoms. The fraction of sp³-hybridized carbons (Fsp3) is 0.312. The van der Waals surface area contributed by atoms with E-state index >= 15 is 0 Å². The standard InChI is InChI=1S/C16H19ClN4OS/c1-11(12-7-5-4-6-8-12)18-15(22)10-23-16-19-13(17)9-14(20-16)21(2)3/h4-9,11H,10H2,1-3H3,(H,18,22). The molecule has 1 aromatic carbocycles. The van der Waals surface area contributed by atoms with E-state index in [0.29, 0.717) is 16.1 Å². The molecule has 0 aliphatic carbocycles. The van der Waals surface area contributed by atoms with E-state index in [4.69, 9.17) is 11.6 Å². The van der Waals surface area contributed by atoms with Gasteiger partial charge in [-0.05, 0) is 12.5 Å². The first kappa shape index (κ1) is 17.6. The summed E-state index contributed by atoms with van der Waals surface area (Å²) in [6.07, 6.45) is 0. The van der Waals surface area contributed by atoms with Gasteiger partial charge >= 0.3 is 0 Å². The average Bonchev–Trinajstić information content (AvgIpc) is 2.53. The molecular weight excluding hydrogens is 332 g/mol. The highest BCUT2D eigenvalue weighted by Crippen LogP contribution is 2.21. The maximum absolute atomic E-state index is 12.1. The number of aromatic nitrogens is 2. The van der Waals surface area contributed by atoms with Crippen molar-refractivity contribution in [3.63, 3.8) is 0 Å². The van der Waals surface area contributed by atoms with Gasteiger partial charge < -0.3 is 10.2 Å². The van der Waals surface area contributed by atoms with Crippen LogP contribution in [0.4, 0.5) is 5.82 Å². The monoisotopic (exact) mass is 350 g/mol. The molecule has 0 saturated carbocycles. The number of anilines is 1. The van der Waals surface area contributed by atoms with E-state index in [2.05, 4.69) is 15.3 Å². The van der Waals surface area contributed by atoms with Crippen LogP contribution in [0.3, 0.4) is 0 Å². The third-order valence-electron chi connectivity index (χ3n) is 3.13. The van der Waals surface area contributed by atoms with E-state index in [0.717, 1.165) is 5.56 Å². The molecule has 0 aliphatic rings. The minimum atomic E-state index is -0.0682. The van der Waals surface area contributed by atoms with Crippen molar-refractivity contribution < 1.29 is 4.79 Å². The fourth-order valence-corrected chi connectivity index (χ4v) is 2.81. The lowest BCUT2D eigenvalue weighted by atomic mass is 10.1. The molecule has 1 atom stereocenters. The van der Waals surface area contributed by atoms with Crippen LogP contribution in [-0.2, 0) is 4.79 Å². The van der Waals surface area contributed by atoms with Gasteiger partial charge in [-0.2, -0.15) is 0 Å². The van der Waals surface area contributed by atoms with Gasteiger partial charge in [0.05, 0.1) is 11.8 Å². The maximum Gasteiger partial charge on any atom is 0.230 e. The number of halogens is 1. The normalized spacial score (nSPS) is 11.8. The Bertz CT molecular complexity index is 666. The number of nitrogens with one attached hydrogen (secondary N) is 1. The van der Waals surface area contributed by atoms with Crippen LogP contribution in [0.25, 0.3) is 0 Å². The summed E-state index contributed by atoms with van der Waals surface area (Å²) < 4.78 is 0. The highest BCUT2D eigenvalue weighted by atomic mass is 35.5. The lowest BCUT2D eigenvalue weighted by molar-refractivity contribution is -0.119. The quantitative estimate of drug-likeness (QED) is 0.492.